The number of carbonyl (C=O) groups excluding carboxylic acids is 4. The summed E-state index contributed by atoms with van der Waals surface area (Å²) in [6, 6.07) is 8.72. The molecule has 0 bridgehead atoms. The molecule has 0 radical (unpaired) electrons. The molecule has 3 aromatic rings. The minimum atomic E-state index is -0.495. The van der Waals surface area contributed by atoms with Crippen LogP contribution in [0, 0.1) is 0 Å². The molecule has 0 spiro atoms. The lowest BCUT2D eigenvalue weighted by Gasteiger charge is -2.05. The molecule has 0 atom stereocenters. The van der Waals surface area contributed by atoms with Crippen LogP contribution in [-0.4, -0.2) is 46.7 Å². The first-order valence-electron chi connectivity index (χ1n) is 10.7. The van der Waals surface area contributed by atoms with Gasteiger partial charge in [0.25, 0.3) is 0 Å². The quantitative estimate of drug-likeness (QED) is 0.381. The fourth-order valence-corrected chi connectivity index (χ4v) is 3.53. The van der Waals surface area contributed by atoms with Crippen LogP contribution in [0.25, 0.3) is 22.4 Å². The summed E-state index contributed by atoms with van der Waals surface area (Å²) in [7, 11) is 0. The Morgan fingerprint density at radius 1 is 0.971 bits per heavy atom. The van der Waals surface area contributed by atoms with E-state index in [0.29, 0.717) is 17.0 Å². The second-order valence-electron chi connectivity index (χ2n) is 7.17. The highest BCUT2D eigenvalue weighted by Crippen LogP contribution is 2.31. The Morgan fingerprint density at radius 2 is 1.65 bits per heavy atom. The number of benzene rings is 1. The highest BCUT2D eigenvalue weighted by molar-refractivity contribution is 9.10. The van der Waals surface area contributed by atoms with Crippen LogP contribution in [0.5, 0.6) is 0 Å². The summed E-state index contributed by atoms with van der Waals surface area (Å²) in [6.07, 6.45) is -0.434. The lowest BCUT2D eigenvalue weighted by molar-refractivity contribution is -0.144. The van der Waals surface area contributed by atoms with Crippen LogP contribution in [0.2, 0.25) is 0 Å². The third kappa shape index (κ3) is 6.53. The Hall–Kier alpha value is -3.47. The fourth-order valence-electron chi connectivity index (χ4n) is 3.15. The molecule has 2 aromatic heterocycles. The predicted molar refractivity (Wildman–Crippen MR) is 126 cm³/mol. The standard InChI is InChI=1S/C23H24BrN3O7/c1-3-32-22(30)9-7-20(28)25-19-13-16(18-12-14-11-15(24)5-6-17(14)34-18)27(26-19)21(29)8-10-23(31)33-4-2/h5-6,11-13H,3-4,7-10H2,1-2H3,(H,25,26,28). The number of amides is 1. The summed E-state index contributed by atoms with van der Waals surface area (Å²) < 4.78 is 17.5. The Morgan fingerprint density at radius 3 is 2.32 bits per heavy atom. The third-order valence-electron chi connectivity index (χ3n) is 4.65. The lowest BCUT2D eigenvalue weighted by atomic mass is 10.2. The minimum absolute atomic E-state index is 0.0792. The van der Waals surface area contributed by atoms with Crippen molar-refractivity contribution in [2.45, 2.75) is 39.5 Å². The summed E-state index contributed by atoms with van der Waals surface area (Å²) >= 11 is 3.41. The van der Waals surface area contributed by atoms with Crippen LogP contribution < -0.4 is 5.32 Å². The van der Waals surface area contributed by atoms with E-state index in [-0.39, 0.29) is 44.7 Å². The largest absolute Gasteiger partial charge is 0.466 e. The Balaban J connectivity index is 1.85. The fraction of sp³-hybridized carbons (Fsp3) is 0.348. The molecule has 0 saturated heterocycles. The van der Waals surface area contributed by atoms with Gasteiger partial charge in [0, 0.05) is 28.8 Å². The van der Waals surface area contributed by atoms with Gasteiger partial charge >= 0.3 is 11.9 Å². The van der Waals surface area contributed by atoms with Crippen LogP contribution in [0.1, 0.15) is 44.3 Å². The number of carbonyl (C=O) groups is 4. The van der Waals surface area contributed by atoms with Gasteiger partial charge in [0.1, 0.15) is 11.3 Å². The molecule has 0 aliphatic heterocycles. The number of nitrogens with one attached hydrogen (secondary N) is 1. The van der Waals surface area contributed by atoms with Gasteiger partial charge in [-0.1, -0.05) is 15.9 Å². The zero-order valence-corrected chi connectivity index (χ0v) is 20.3. The van der Waals surface area contributed by atoms with Gasteiger partial charge < -0.3 is 19.2 Å². The number of hydrogen-bond donors (Lipinski definition) is 1. The zero-order chi connectivity index (χ0) is 24.7. The topological polar surface area (TPSA) is 130 Å². The smallest absolute Gasteiger partial charge is 0.306 e. The molecule has 1 amide bonds. The average Bonchev–Trinajstić information content (AvgIpc) is 3.40. The molecule has 180 valence electrons. The van der Waals surface area contributed by atoms with Gasteiger partial charge in [0.05, 0.1) is 26.1 Å². The number of nitrogens with zero attached hydrogens (tertiary/aromatic N) is 2. The van der Waals surface area contributed by atoms with Gasteiger partial charge in [-0.3, -0.25) is 19.2 Å². The molecule has 0 fully saturated rings. The molecule has 2 heterocycles. The molecule has 34 heavy (non-hydrogen) atoms. The first-order chi connectivity index (χ1) is 16.3. The van der Waals surface area contributed by atoms with E-state index < -0.39 is 23.8 Å². The number of hydrogen-bond acceptors (Lipinski definition) is 8. The minimum Gasteiger partial charge on any atom is -0.466 e. The Labute approximate surface area is 203 Å². The molecule has 3 rings (SSSR count). The summed E-state index contributed by atoms with van der Waals surface area (Å²) in [5.41, 5.74) is 0.909. The van der Waals surface area contributed by atoms with Crippen molar-refractivity contribution in [3.63, 3.8) is 0 Å². The maximum absolute atomic E-state index is 12.9. The van der Waals surface area contributed by atoms with E-state index in [9.17, 15) is 19.2 Å². The molecule has 1 aromatic carbocycles. The van der Waals surface area contributed by atoms with Crippen LogP contribution in [0.3, 0.4) is 0 Å². The van der Waals surface area contributed by atoms with E-state index in [2.05, 4.69) is 26.3 Å². The van der Waals surface area contributed by atoms with E-state index in [1.807, 2.05) is 12.1 Å². The van der Waals surface area contributed by atoms with Gasteiger partial charge in [0.2, 0.25) is 11.8 Å². The van der Waals surface area contributed by atoms with Crippen molar-refractivity contribution in [2.75, 3.05) is 18.5 Å². The van der Waals surface area contributed by atoms with Crippen LogP contribution >= 0.6 is 15.9 Å². The second kappa shape index (κ2) is 11.6. The number of furan rings is 1. The summed E-state index contributed by atoms with van der Waals surface area (Å²) in [5, 5.41) is 7.58. The number of esters is 2. The Kier molecular flexibility index (Phi) is 8.58. The molecule has 0 unspecified atom stereocenters. The highest BCUT2D eigenvalue weighted by atomic mass is 79.9. The average molecular weight is 534 g/mol. The van der Waals surface area contributed by atoms with Gasteiger partial charge in [-0.05, 0) is 38.1 Å². The van der Waals surface area contributed by atoms with E-state index in [1.54, 1.807) is 26.0 Å². The zero-order valence-electron chi connectivity index (χ0n) is 18.8. The van der Waals surface area contributed by atoms with Gasteiger partial charge in [0.15, 0.2) is 11.6 Å². The molecule has 1 N–H and O–H groups in total. The van der Waals surface area contributed by atoms with Gasteiger partial charge in [-0.15, -0.1) is 5.10 Å². The molecule has 0 aliphatic carbocycles. The normalized spacial score (nSPS) is 10.8. The molecular formula is C23H24BrN3O7. The summed E-state index contributed by atoms with van der Waals surface area (Å²) in [5.74, 6) is -1.45. The van der Waals surface area contributed by atoms with Crippen LogP contribution in [0.15, 0.2) is 39.2 Å². The van der Waals surface area contributed by atoms with Crippen molar-refractivity contribution in [3.05, 3.63) is 34.8 Å². The van der Waals surface area contributed by atoms with Gasteiger partial charge in [-0.2, -0.15) is 4.68 Å². The van der Waals surface area contributed by atoms with Crippen LogP contribution in [0.4, 0.5) is 5.82 Å². The van der Waals surface area contributed by atoms with Crippen molar-refractivity contribution in [1.82, 2.24) is 9.78 Å². The molecule has 10 nitrogen and oxygen atoms in total. The number of anilines is 1. The summed E-state index contributed by atoms with van der Waals surface area (Å²) in [6.45, 7) is 3.82. The maximum Gasteiger partial charge on any atom is 0.306 e. The maximum atomic E-state index is 12.9. The number of aromatic nitrogens is 2. The molecule has 0 aliphatic rings. The molecular weight excluding hydrogens is 510 g/mol. The van der Waals surface area contributed by atoms with E-state index >= 15 is 0 Å². The predicted octanol–water partition coefficient (Wildman–Crippen LogP) is 4.32. The van der Waals surface area contributed by atoms with Crippen molar-refractivity contribution in [2.24, 2.45) is 0 Å². The first kappa shape index (κ1) is 25.2. The third-order valence-corrected chi connectivity index (χ3v) is 5.15. The van der Waals surface area contributed by atoms with Gasteiger partial charge in [-0.25, -0.2) is 0 Å². The van der Waals surface area contributed by atoms with Crippen molar-refractivity contribution >= 4 is 56.5 Å². The summed E-state index contributed by atoms with van der Waals surface area (Å²) in [4.78, 5) is 48.3. The van der Waals surface area contributed by atoms with Crippen molar-refractivity contribution in [1.29, 1.82) is 0 Å². The van der Waals surface area contributed by atoms with E-state index in [4.69, 9.17) is 13.9 Å². The van der Waals surface area contributed by atoms with Crippen molar-refractivity contribution < 1.29 is 33.1 Å². The SMILES string of the molecule is CCOC(=O)CCC(=O)Nc1cc(-c2cc3cc(Br)ccc3o2)n(C(=O)CCC(=O)OCC)n1. The molecule has 11 heteroatoms. The van der Waals surface area contributed by atoms with E-state index in [0.717, 1.165) is 14.5 Å². The Bertz CT molecular complexity index is 1210. The number of halogens is 1. The number of rotatable bonds is 10. The number of ether oxygens (including phenoxy) is 2. The second-order valence-corrected chi connectivity index (χ2v) is 8.09. The van der Waals surface area contributed by atoms with Crippen LogP contribution in [-0.2, 0) is 23.9 Å². The highest BCUT2D eigenvalue weighted by Gasteiger charge is 2.21. The lowest BCUT2D eigenvalue weighted by Crippen LogP contribution is -2.18. The van der Waals surface area contributed by atoms with Crippen molar-refractivity contribution in [3.8, 4) is 11.5 Å². The first-order valence-corrected chi connectivity index (χ1v) is 11.5. The molecule has 0 saturated carbocycles. The number of fused-ring (bicyclic) bond motifs is 1. The monoisotopic (exact) mass is 533 g/mol. The van der Waals surface area contributed by atoms with E-state index in [1.165, 1.54) is 6.07 Å².